The molecule has 10 nitrogen and oxygen atoms in total. The highest BCUT2D eigenvalue weighted by Crippen LogP contribution is 2.26. The van der Waals surface area contributed by atoms with E-state index in [2.05, 4.69) is 15.8 Å². The number of hydrogen-bond donors (Lipinski definition) is 3. The number of fused-ring (bicyclic) bond motifs is 1. The van der Waals surface area contributed by atoms with E-state index < -0.39 is 18.1 Å². The average Bonchev–Trinajstić information content (AvgIpc) is 2.77. The third-order valence-electron chi connectivity index (χ3n) is 5.03. The third kappa shape index (κ3) is 5.03. The molecule has 4 N–H and O–H groups in total. The summed E-state index contributed by atoms with van der Waals surface area (Å²) < 4.78 is 0. The van der Waals surface area contributed by atoms with Crippen molar-refractivity contribution in [1.29, 1.82) is 0 Å². The molecule has 2 aliphatic heterocycles. The molecule has 2 rings (SSSR count). The van der Waals surface area contributed by atoms with Gasteiger partial charge in [-0.25, -0.2) is 15.2 Å². The lowest BCUT2D eigenvalue weighted by Gasteiger charge is -2.43. The van der Waals surface area contributed by atoms with Gasteiger partial charge >= 0.3 is 6.03 Å². The van der Waals surface area contributed by atoms with E-state index in [9.17, 15) is 19.2 Å². The van der Waals surface area contributed by atoms with E-state index in [0.29, 0.717) is 32.2 Å². The summed E-state index contributed by atoms with van der Waals surface area (Å²) in [4.78, 5) is 49.0. The SMILES string of the molecule is CCC(/C=N/NC(N)=O)CC(=O)C1CCCN2C(=O)CCC(NC)C(=O)N12. The minimum absolute atomic E-state index is 0.116. The van der Waals surface area contributed by atoms with Crippen LogP contribution in [0, 0.1) is 5.92 Å². The van der Waals surface area contributed by atoms with Crippen molar-refractivity contribution in [2.45, 2.75) is 57.5 Å². The molecule has 2 fully saturated rings. The van der Waals surface area contributed by atoms with Gasteiger partial charge in [-0.2, -0.15) is 5.10 Å². The molecule has 0 saturated carbocycles. The largest absolute Gasteiger partial charge is 0.350 e. The van der Waals surface area contributed by atoms with Crippen LogP contribution in [-0.2, 0) is 14.4 Å². The maximum Gasteiger partial charge on any atom is 0.332 e. The Morgan fingerprint density at radius 1 is 1.37 bits per heavy atom. The second-order valence-corrected chi connectivity index (χ2v) is 6.83. The number of ketones is 1. The molecule has 3 unspecified atom stereocenters. The predicted molar refractivity (Wildman–Crippen MR) is 98.3 cm³/mol. The van der Waals surface area contributed by atoms with Crippen LogP contribution in [0.3, 0.4) is 0 Å². The number of urea groups is 1. The number of likely N-dealkylation sites (N-methyl/N-ethyl adjacent to an activating group) is 1. The fourth-order valence-corrected chi connectivity index (χ4v) is 3.50. The molecule has 3 atom stereocenters. The molecule has 0 bridgehead atoms. The number of hydrazone groups is 1. The van der Waals surface area contributed by atoms with E-state index in [-0.39, 0.29) is 36.4 Å². The summed E-state index contributed by atoms with van der Waals surface area (Å²) >= 11 is 0. The van der Waals surface area contributed by atoms with E-state index in [1.54, 1.807) is 7.05 Å². The number of nitrogens with zero attached hydrogens (tertiary/aromatic N) is 3. The number of Topliss-reactive ketones (excluding diaryl/α,β-unsaturated/α-hetero) is 1. The Hall–Kier alpha value is -2.49. The van der Waals surface area contributed by atoms with Gasteiger partial charge in [-0.1, -0.05) is 6.92 Å². The number of nitrogens with one attached hydrogen (secondary N) is 2. The number of rotatable bonds is 7. The van der Waals surface area contributed by atoms with Crippen LogP contribution < -0.4 is 16.5 Å². The zero-order valence-electron chi connectivity index (χ0n) is 15.8. The van der Waals surface area contributed by atoms with Crippen LogP contribution in [0.1, 0.15) is 45.4 Å². The predicted octanol–water partition coefficient (Wildman–Crippen LogP) is -0.258. The number of hydrazine groups is 1. The number of nitrogens with two attached hydrogens (primary N) is 1. The summed E-state index contributed by atoms with van der Waals surface area (Å²) in [5.41, 5.74) is 7.08. The van der Waals surface area contributed by atoms with Gasteiger partial charge in [-0.15, -0.1) is 0 Å². The van der Waals surface area contributed by atoms with Crippen molar-refractivity contribution in [3.05, 3.63) is 0 Å². The molecule has 150 valence electrons. The Balaban J connectivity index is 2.15. The van der Waals surface area contributed by atoms with E-state index in [1.165, 1.54) is 16.2 Å². The number of hydrogen-bond acceptors (Lipinski definition) is 6. The highest BCUT2D eigenvalue weighted by atomic mass is 16.2. The molecule has 0 radical (unpaired) electrons. The molecule has 2 aliphatic rings. The molecule has 4 amide bonds. The summed E-state index contributed by atoms with van der Waals surface area (Å²) in [6.45, 7) is 2.35. The first kappa shape index (κ1) is 20.8. The smallest absolute Gasteiger partial charge is 0.332 e. The lowest BCUT2D eigenvalue weighted by Crippen LogP contribution is -2.61. The maximum absolute atomic E-state index is 13.0. The van der Waals surface area contributed by atoms with Gasteiger partial charge in [0.15, 0.2) is 5.78 Å². The number of carbonyl (C=O) groups excluding carboxylic acids is 4. The van der Waals surface area contributed by atoms with Crippen molar-refractivity contribution in [3.63, 3.8) is 0 Å². The minimum atomic E-state index is -0.776. The van der Waals surface area contributed by atoms with Gasteiger partial charge in [-0.3, -0.25) is 19.4 Å². The van der Waals surface area contributed by atoms with Crippen molar-refractivity contribution in [2.75, 3.05) is 13.6 Å². The van der Waals surface area contributed by atoms with Crippen LogP contribution in [0.4, 0.5) is 4.79 Å². The van der Waals surface area contributed by atoms with Crippen LogP contribution in [-0.4, -0.2) is 65.5 Å². The molecule has 0 aromatic carbocycles. The van der Waals surface area contributed by atoms with E-state index in [1.807, 2.05) is 6.92 Å². The monoisotopic (exact) mass is 380 g/mol. The number of primary amides is 1. The molecule has 0 spiro atoms. The van der Waals surface area contributed by atoms with Gasteiger partial charge in [0, 0.05) is 31.5 Å². The van der Waals surface area contributed by atoms with Crippen LogP contribution >= 0.6 is 0 Å². The fraction of sp³-hybridized carbons (Fsp3) is 0.706. The van der Waals surface area contributed by atoms with Gasteiger partial charge in [-0.05, 0) is 32.7 Å². The normalized spacial score (nSPS) is 24.5. The quantitative estimate of drug-likeness (QED) is 0.413. The second kappa shape index (κ2) is 9.45. The summed E-state index contributed by atoms with van der Waals surface area (Å²) in [6.07, 6.45) is 4.18. The first-order chi connectivity index (χ1) is 12.9. The molecular formula is C17H28N6O4. The van der Waals surface area contributed by atoms with Gasteiger partial charge < -0.3 is 11.1 Å². The zero-order valence-corrected chi connectivity index (χ0v) is 15.8. The third-order valence-corrected chi connectivity index (χ3v) is 5.03. The van der Waals surface area contributed by atoms with Gasteiger partial charge in [0.05, 0.1) is 6.04 Å². The van der Waals surface area contributed by atoms with Crippen LogP contribution in [0.5, 0.6) is 0 Å². The molecule has 0 aliphatic carbocycles. The number of carbonyl (C=O) groups is 4. The Labute approximate surface area is 158 Å². The Kier molecular flexibility index (Phi) is 7.28. The van der Waals surface area contributed by atoms with Crippen molar-refractivity contribution in [3.8, 4) is 0 Å². The summed E-state index contributed by atoms with van der Waals surface area (Å²) in [7, 11) is 1.68. The number of amides is 4. The maximum atomic E-state index is 13.0. The van der Waals surface area contributed by atoms with Crippen molar-refractivity contribution in [2.24, 2.45) is 16.8 Å². The van der Waals surface area contributed by atoms with Gasteiger partial charge in [0.2, 0.25) is 5.91 Å². The minimum Gasteiger partial charge on any atom is -0.350 e. The van der Waals surface area contributed by atoms with Crippen LogP contribution in [0.15, 0.2) is 5.10 Å². The highest BCUT2D eigenvalue weighted by molar-refractivity contribution is 5.95. The second-order valence-electron chi connectivity index (χ2n) is 6.83. The molecule has 2 heterocycles. The lowest BCUT2D eigenvalue weighted by atomic mass is 9.93. The molecule has 2 saturated heterocycles. The standard InChI is InChI=1S/C17H28N6O4/c1-3-11(10-20-21-17(18)27)9-14(24)13-5-4-8-22-15(25)7-6-12(19-2)16(26)23(13)22/h10-13,19H,3-9H2,1-2H3,(H3,18,21,27)/b20-10+. The Morgan fingerprint density at radius 2 is 2.11 bits per heavy atom. The molecular weight excluding hydrogens is 352 g/mol. The van der Waals surface area contributed by atoms with Crippen molar-refractivity contribution < 1.29 is 19.2 Å². The molecule has 27 heavy (non-hydrogen) atoms. The fourth-order valence-electron chi connectivity index (χ4n) is 3.50. The topological polar surface area (TPSA) is 137 Å². The Morgan fingerprint density at radius 3 is 2.74 bits per heavy atom. The van der Waals surface area contributed by atoms with Gasteiger partial charge in [0.25, 0.3) is 5.91 Å². The average molecular weight is 380 g/mol. The molecule has 10 heteroatoms. The molecule has 0 aromatic heterocycles. The summed E-state index contributed by atoms with van der Waals surface area (Å²) in [5.74, 6) is -0.677. The molecule has 0 aromatic rings. The van der Waals surface area contributed by atoms with E-state index in [4.69, 9.17) is 5.73 Å². The summed E-state index contributed by atoms with van der Waals surface area (Å²) in [5, 5.41) is 9.48. The van der Waals surface area contributed by atoms with Gasteiger partial charge in [0.1, 0.15) is 6.04 Å². The van der Waals surface area contributed by atoms with E-state index >= 15 is 0 Å². The van der Waals surface area contributed by atoms with Crippen molar-refractivity contribution >= 4 is 29.8 Å². The first-order valence-electron chi connectivity index (χ1n) is 9.31. The zero-order chi connectivity index (χ0) is 20.0. The van der Waals surface area contributed by atoms with E-state index in [0.717, 1.165) is 0 Å². The van der Waals surface area contributed by atoms with Crippen LogP contribution in [0.25, 0.3) is 0 Å². The van der Waals surface area contributed by atoms with Crippen LogP contribution in [0.2, 0.25) is 0 Å². The Bertz CT molecular complexity index is 623. The first-order valence-corrected chi connectivity index (χ1v) is 9.31. The lowest BCUT2D eigenvalue weighted by molar-refractivity contribution is -0.175. The van der Waals surface area contributed by atoms with Crippen molar-refractivity contribution in [1.82, 2.24) is 20.8 Å². The highest BCUT2D eigenvalue weighted by Gasteiger charge is 2.43. The summed E-state index contributed by atoms with van der Waals surface area (Å²) in [6, 6.07) is -1.91.